The highest BCUT2D eigenvalue weighted by Crippen LogP contribution is 2.33. The summed E-state index contributed by atoms with van der Waals surface area (Å²) in [5.74, 6) is -1.66. The Morgan fingerprint density at radius 3 is 2.50 bits per heavy atom. The lowest BCUT2D eigenvalue weighted by molar-refractivity contribution is -0.140. The second-order valence-electron chi connectivity index (χ2n) is 3.46. The van der Waals surface area contributed by atoms with E-state index in [-0.39, 0.29) is 12.2 Å². The second-order valence-corrected chi connectivity index (χ2v) is 3.83. The van der Waals surface area contributed by atoms with Gasteiger partial charge in [0.1, 0.15) is 11.6 Å². The molecule has 1 atom stereocenters. The van der Waals surface area contributed by atoms with Gasteiger partial charge in [-0.15, -0.1) is 0 Å². The Hall–Kier alpha value is -1.30. The number of alkyl halides is 3. The number of halogens is 5. The lowest BCUT2D eigenvalue weighted by Gasteiger charge is -2.15. The summed E-state index contributed by atoms with van der Waals surface area (Å²) in [4.78, 5) is 10.9. The van der Waals surface area contributed by atoms with Gasteiger partial charge in [-0.05, 0) is 36.2 Å². The molecule has 0 radical (unpaired) electrons. The van der Waals surface area contributed by atoms with E-state index in [0.717, 1.165) is 6.07 Å². The first kappa shape index (κ1) is 14.8. The molecule has 0 unspecified atom stereocenters. The molecular weight excluding hydrogens is 276 g/mol. The molecule has 0 aliphatic rings. The fourth-order valence-electron chi connectivity index (χ4n) is 1.25. The van der Waals surface area contributed by atoms with E-state index in [2.05, 4.69) is 0 Å². The molecule has 0 bridgehead atoms. The van der Waals surface area contributed by atoms with E-state index in [1.54, 1.807) is 6.92 Å². The molecule has 0 saturated heterocycles. The van der Waals surface area contributed by atoms with Gasteiger partial charge in [0.25, 0.3) is 5.24 Å². The summed E-state index contributed by atoms with van der Waals surface area (Å²) in [5, 5.41) is -0.824. The Morgan fingerprint density at radius 2 is 2.06 bits per heavy atom. The first-order chi connectivity index (χ1) is 8.25. The summed E-state index contributed by atoms with van der Waals surface area (Å²) in [5.41, 5.74) is -1.45. The molecule has 18 heavy (non-hydrogen) atoms. The molecule has 0 saturated carbocycles. The van der Waals surface area contributed by atoms with Crippen LogP contribution < -0.4 is 4.74 Å². The van der Waals surface area contributed by atoms with E-state index in [0.29, 0.717) is 12.1 Å². The molecule has 2 nitrogen and oxygen atoms in total. The molecule has 1 aromatic rings. The van der Waals surface area contributed by atoms with Gasteiger partial charge in [-0.3, -0.25) is 4.79 Å². The zero-order valence-electron chi connectivity index (χ0n) is 9.22. The summed E-state index contributed by atoms with van der Waals surface area (Å²) in [6.07, 6.45) is -5.68. The predicted octanol–water partition coefficient (Wildman–Crippen LogP) is 3.77. The number of ether oxygens (including phenoxy) is 1. The number of rotatable bonds is 4. The van der Waals surface area contributed by atoms with Crippen LogP contribution in [0.4, 0.5) is 17.6 Å². The van der Waals surface area contributed by atoms with Crippen LogP contribution in [-0.4, -0.2) is 11.3 Å². The zero-order valence-corrected chi connectivity index (χ0v) is 9.98. The van der Waals surface area contributed by atoms with Crippen molar-refractivity contribution in [1.82, 2.24) is 0 Å². The van der Waals surface area contributed by atoms with Crippen LogP contribution in [0.15, 0.2) is 18.2 Å². The van der Waals surface area contributed by atoms with Gasteiger partial charge in [0.2, 0.25) is 0 Å². The van der Waals surface area contributed by atoms with Gasteiger partial charge in [0.15, 0.2) is 6.10 Å². The van der Waals surface area contributed by atoms with Crippen molar-refractivity contribution in [3.05, 3.63) is 29.6 Å². The lowest BCUT2D eigenvalue weighted by Crippen LogP contribution is -2.22. The van der Waals surface area contributed by atoms with Crippen LogP contribution in [0, 0.1) is 5.82 Å². The molecule has 0 aliphatic carbocycles. The van der Waals surface area contributed by atoms with Crippen LogP contribution in [0.1, 0.15) is 18.9 Å². The normalized spacial score (nSPS) is 13.2. The van der Waals surface area contributed by atoms with Gasteiger partial charge >= 0.3 is 6.18 Å². The smallest absolute Gasteiger partial charge is 0.419 e. The van der Waals surface area contributed by atoms with E-state index in [1.807, 2.05) is 0 Å². The molecule has 1 rings (SSSR count). The number of hydrogen-bond acceptors (Lipinski definition) is 2. The standard InChI is InChI=1S/C11H9ClF4O2/c1-2-9(10(12)17)18-6-3-4-8(13)7(5-6)11(14,15)16/h3-5,9H,2H2,1H3/t9-/m1/s1. The third-order valence-electron chi connectivity index (χ3n) is 2.15. The molecule has 0 N–H and O–H groups in total. The van der Waals surface area contributed by atoms with Crippen molar-refractivity contribution in [2.24, 2.45) is 0 Å². The maximum Gasteiger partial charge on any atom is 0.419 e. The largest absolute Gasteiger partial charge is 0.481 e. The fraction of sp³-hybridized carbons (Fsp3) is 0.364. The third-order valence-corrected chi connectivity index (χ3v) is 2.39. The van der Waals surface area contributed by atoms with Gasteiger partial charge in [0, 0.05) is 0 Å². The molecule has 0 heterocycles. The minimum absolute atomic E-state index is 0.195. The molecule has 100 valence electrons. The van der Waals surface area contributed by atoms with Gasteiger partial charge < -0.3 is 4.74 Å². The fourth-order valence-corrected chi connectivity index (χ4v) is 1.45. The van der Waals surface area contributed by atoms with Crippen LogP contribution in [0.5, 0.6) is 5.75 Å². The van der Waals surface area contributed by atoms with Crippen LogP contribution >= 0.6 is 11.6 Å². The van der Waals surface area contributed by atoms with Crippen LogP contribution in [0.3, 0.4) is 0 Å². The minimum atomic E-state index is -4.82. The Bertz CT molecular complexity index is 445. The van der Waals surface area contributed by atoms with E-state index in [9.17, 15) is 22.4 Å². The highest BCUT2D eigenvalue weighted by atomic mass is 35.5. The monoisotopic (exact) mass is 284 g/mol. The molecule has 0 aliphatic heterocycles. The summed E-state index contributed by atoms with van der Waals surface area (Å²) < 4.78 is 55.2. The van der Waals surface area contributed by atoms with Gasteiger partial charge in [-0.25, -0.2) is 4.39 Å². The second kappa shape index (κ2) is 5.56. The van der Waals surface area contributed by atoms with Gasteiger partial charge in [0.05, 0.1) is 5.56 Å². The van der Waals surface area contributed by atoms with Crippen LogP contribution in [-0.2, 0) is 11.0 Å². The number of benzene rings is 1. The Morgan fingerprint density at radius 1 is 1.44 bits per heavy atom. The highest BCUT2D eigenvalue weighted by molar-refractivity contribution is 6.64. The molecule has 1 aromatic carbocycles. The SMILES string of the molecule is CC[C@@H](Oc1ccc(F)c(C(F)(F)F)c1)C(=O)Cl. The maximum atomic E-state index is 13.0. The molecule has 0 spiro atoms. The number of carbonyl (C=O) groups is 1. The van der Waals surface area contributed by atoms with Crippen molar-refractivity contribution in [2.45, 2.75) is 25.6 Å². The zero-order chi connectivity index (χ0) is 13.9. The molecule has 0 amide bonds. The molecule has 0 aromatic heterocycles. The topological polar surface area (TPSA) is 26.3 Å². The van der Waals surface area contributed by atoms with Crippen molar-refractivity contribution >= 4 is 16.8 Å². The molecular formula is C11H9ClF4O2. The van der Waals surface area contributed by atoms with E-state index >= 15 is 0 Å². The average molecular weight is 285 g/mol. The van der Waals surface area contributed by atoms with E-state index in [1.165, 1.54) is 0 Å². The third kappa shape index (κ3) is 3.60. The maximum absolute atomic E-state index is 13.0. The predicted molar refractivity (Wildman–Crippen MR) is 57.0 cm³/mol. The Labute approximate surface area is 105 Å². The van der Waals surface area contributed by atoms with Crippen molar-refractivity contribution in [1.29, 1.82) is 0 Å². The first-order valence-corrected chi connectivity index (χ1v) is 5.36. The molecule has 0 fully saturated rings. The molecule has 7 heteroatoms. The number of carbonyl (C=O) groups excluding carboxylic acids is 1. The quantitative estimate of drug-likeness (QED) is 0.621. The van der Waals surface area contributed by atoms with Crippen molar-refractivity contribution < 1.29 is 27.1 Å². The Kier molecular flexibility index (Phi) is 4.56. The van der Waals surface area contributed by atoms with Crippen molar-refractivity contribution in [3.8, 4) is 5.75 Å². The summed E-state index contributed by atoms with van der Waals surface area (Å²) in [6.45, 7) is 1.58. The van der Waals surface area contributed by atoms with Crippen molar-refractivity contribution in [2.75, 3.05) is 0 Å². The minimum Gasteiger partial charge on any atom is -0.481 e. The summed E-state index contributed by atoms with van der Waals surface area (Å²) in [6, 6.07) is 2.13. The van der Waals surface area contributed by atoms with E-state index < -0.39 is 28.9 Å². The Balaban J connectivity index is 3.02. The van der Waals surface area contributed by atoms with Crippen LogP contribution in [0.25, 0.3) is 0 Å². The van der Waals surface area contributed by atoms with Crippen molar-refractivity contribution in [3.63, 3.8) is 0 Å². The average Bonchev–Trinajstić information content (AvgIpc) is 2.25. The van der Waals surface area contributed by atoms with Gasteiger partial charge in [-0.2, -0.15) is 13.2 Å². The van der Waals surface area contributed by atoms with E-state index in [4.69, 9.17) is 16.3 Å². The highest BCUT2D eigenvalue weighted by Gasteiger charge is 2.34. The lowest BCUT2D eigenvalue weighted by atomic mass is 10.2. The van der Waals surface area contributed by atoms with Crippen LogP contribution in [0.2, 0.25) is 0 Å². The van der Waals surface area contributed by atoms with Gasteiger partial charge in [-0.1, -0.05) is 6.92 Å². The summed E-state index contributed by atoms with van der Waals surface area (Å²) >= 11 is 5.19. The first-order valence-electron chi connectivity index (χ1n) is 4.98. The summed E-state index contributed by atoms with van der Waals surface area (Å²) in [7, 11) is 0. The number of hydrogen-bond donors (Lipinski definition) is 0.